The molecule has 1 saturated carbocycles. The molecule has 1 heterocycles. The Labute approximate surface area is 121 Å². The van der Waals surface area contributed by atoms with Crippen LogP contribution in [-0.2, 0) is 12.0 Å². The molecule has 1 aliphatic rings. The van der Waals surface area contributed by atoms with Crippen molar-refractivity contribution in [3.05, 3.63) is 15.6 Å². The maximum atomic E-state index is 13.0. The SMILES string of the molecule is CCc1nc(C2(NC)CCCC(C(F)(F)F)C2)sc1C. The predicted molar refractivity (Wildman–Crippen MR) is 75.0 cm³/mol. The summed E-state index contributed by atoms with van der Waals surface area (Å²) in [7, 11) is 1.75. The number of thiazole rings is 1. The summed E-state index contributed by atoms with van der Waals surface area (Å²) in [4.78, 5) is 5.72. The summed E-state index contributed by atoms with van der Waals surface area (Å²) in [6.07, 6.45) is -1.63. The highest BCUT2D eigenvalue weighted by Crippen LogP contribution is 2.47. The number of nitrogens with zero attached hydrogens (tertiary/aromatic N) is 1. The molecule has 1 aromatic rings. The highest BCUT2D eigenvalue weighted by atomic mass is 32.1. The molecule has 2 atom stereocenters. The molecule has 0 bridgehead atoms. The summed E-state index contributed by atoms with van der Waals surface area (Å²) in [5.74, 6) is -1.22. The largest absolute Gasteiger partial charge is 0.391 e. The lowest BCUT2D eigenvalue weighted by Gasteiger charge is -2.40. The lowest BCUT2D eigenvalue weighted by molar-refractivity contribution is -0.188. The topological polar surface area (TPSA) is 24.9 Å². The van der Waals surface area contributed by atoms with Gasteiger partial charge in [0.15, 0.2) is 0 Å². The second kappa shape index (κ2) is 5.64. The second-order valence-corrected chi connectivity index (χ2v) is 6.75. The first kappa shape index (κ1) is 15.8. The number of hydrogen-bond donors (Lipinski definition) is 1. The molecular weight excluding hydrogens is 285 g/mol. The highest BCUT2D eigenvalue weighted by molar-refractivity contribution is 7.11. The van der Waals surface area contributed by atoms with Gasteiger partial charge in [-0.15, -0.1) is 11.3 Å². The van der Waals surface area contributed by atoms with E-state index >= 15 is 0 Å². The van der Waals surface area contributed by atoms with Crippen LogP contribution in [0.1, 0.15) is 48.2 Å². The third-order valence-electron chi connectivity index (χ3n) is 4.33. The Kier molecular flexibility index (Phi) is 4.44. The van der Waals surface area contributed by atoms with Crippen molar-refractivity contribution in [2.45, 2.75) is 57.7 Å². The summed E-state index contributed by atoms with van der Waals surface area (Å²) in [6.45, 7) is 4.02. The average molecular weight is 306 g/mol. The number of aryl methyl sites for hydroxylation is 2. The number of nitrogens with one attached hydrogen (secondary N) is 1. The fourth-order valence-corrected chi connectivity index (χ4v) is 4.28. The molecule has 1 fully saturated rings. The third-order valence-corrected chi connectivity index (χ3v) is 5.55. The zero-order chi connectivity index (χ0) is 15.0. The molecule has 0 aliphatic heterocycles. The minimum absolute atomic E-state index is 0.100. The number of alkyl halides is 3. The van der Waals surface area contributed by atoms with Crippen LogP contribution in [-0.4, -0.2) is 18.2 Å². The smallest absolute Gasteiger partial charge is 0.308 e. The summed E-state index contributed by atoms with van der Waals surface area (Å²) >= 11 is 1.54. The van der Waals surface area contributed by atoms with Crippen LogP contribution in [0, 0.1) is 12.8 Å². The molecule has 0 amide bonds. The van der Waals surface area contributed by atoms with E-state index < -0.39 is 17.6 Å². The molecule has 2 rings (SSSR count). The first-order valence-corrected chi connectivity index (χ1v) is 7.86. The monoisotopic (exact) mass is 306 g/mol. The van der Waals surface area contributed by atoms with Crippen LogP contribution < -0.4 is 5.32 Å². The highest BCUT2D eigenvalue weighted by Gasteiger charge is 2.48. The standard InChI is InChI=1S/C14H21F3N2S/c1-4-11-9(2)20-12(19-11)13(18-3)7-5-6-10(8-13)14(15,16)17/h10,18H,4-8H2,1-3H3. The Hall–Kier alpha value is -0.620. The van der Waals surface area contributed by atoms with E-state index in [1.165, 1.54) is 0 Å². The van der Waals surface area contributed by atoms with Crippen LogP contribution in [0.3, 0.4) is 0 Å². The normalized spacial score (nSPS) is 27.8. The quantitative estimate of drug-likeness (QED) is 0.906. The molecule has 1 N–H and O–H groups in total. The van der Waals surface area contributed by atoms with E-state index in [1.54, 1.807) is 18.4 Å². The van der Waals surface area contributed by atoms with E-state index in [9.17, 15) is 13.2 Å². The minimum atomic E-state index is -4.11. The molecule has 1 aromatic heterocycles. The summed E-state index contributed by atoms with van der Waals surface area (Å²) < 4.78 is 39.1. The Balaban J connectivity index is 2.32. The summed E-state index contributed by atoms with van der Waals surface area (Å²) in [5, 5.41) is 3.97. The van der Waals surface area contributed by atoms with Crippen molar-refractivity contribution in [3.63, 3.8) is 0 Å². The van der Waals surface area contributed by atoms with Gasteiger partial charge < -0.3 is 5.32 Å². The second-order valence-electron chi connectivity index (χ2n) is 5.54. The van der Waals surface area contributed by atoms with Gasteiger partial charge in [-0.1, -0.05) is 13.3 Å². The van der Waals surface area contributed by atoms with Gasteiger partial charge in [0.1, 0.15) is 5.01 Å². The number of hydrogen-bond acceptors (Lipinski definition) is 3. The lowest BCUT2D eigenvalue weighted by Crippen LogP contribution is -2.46. The van der Waals surface area contributed by atoms with Crippen LogP contribution in [0.2, 0.25) is 0 Å². The Morgan fingerprint density at radius 2 is 2.15 bits per heavy atom. The summed E-state index contributed by atoms with van der Waals surface area (Å²) in [6, 6.07) is 0. The van der Waals surface area contributed by atoms with Crippen molar-refractivity contribution in [3.8, 4) is 0 Å². The van der Waals surface area contributed by atoms with E-state index in [0.717, 1.165) is 28.4 Å². The van der Waals surface area contributed by atoms with Gasteiger partial charge in [-0.3, -0.25) is 0 Å². The van der Waals surface area contributed by atoms with Crippen LogP contribution in [0.5, 0.6) is 0 Å². The Morgan fingerprint density at radius 3 is 2.65 bits per heavy atom. The fourth-order valence-electron chi connectivity index (χ4n) is 3.04. The van der Waals surface area contributed by atoms with Gasteiger partial charge in [0.2, 0.25) is 0 Å². The van der Waals surface area contributed by atoms with Gasteiger partial charge >= 0.3 is 6.18 Å². The van der Waals surface area contributed by atoms with Crippen molar-refractivity contribution in [1.29, 1.82) is 0 Å². The van der Waals surface area contributed by atoms with Crippen LogP contribution >= 0.6 is 11.3 Å². The van der Waals surface area contributed by atoms with E-state index in [-0.39, 0.29) is 12.8 Å². The van der Waals surface area contributed by atoms with Gasteiger partial charge in [-0.2, -0.15) is 13.2 Å². The van der Waals surface area contributed by atoms with E-state index in [1.807, 2.05) is 13.8 Å². The first-order valence-electron chi connectivity index (χ1n) is 7.05. The molecule has 114 valence electrons. The van der Waals surface area contributed by atoms with Crippen molar-refractivity contribution in [2.24, 2.45) is 5.92 Å². The zero-order valence-electron chi connectivity index (χ0n) is 12.1. The fraction of sp³-hybridized carbons (Fsp3) is 0.786. The first-order chi connectivity index (χ1) is 9.32. The Bertz CT molecular complexity index is 469. The number of halogens is 3. The predicted octanol–water partition coefficient (Wildman–Crippen LogP) is 4.18. The van der Waals surface area contributed by atoms with E-state index in [2.05, 4.69) is 10.3 Å². The van der Waals surface area contributed by atoms with E-state index in [0.29, 0.717) is 6.42 Å². The van der Waals surface area contributed by atoms with Crippen LogP contribution in [0.25, 0.3) is 0 Å². The molecule has 0 aromatic carbocycles. The molecule has 1 aliphatic carbocycles. The lowest BCUT2D eigenvalue weighted by atomic mass is 9.75. The molecule has 0 spiro atoms. The van der Waals surface area contributed by atoms with Gasteiger partial charge in [0.05, 0.1) is 17.2 Å². The molecule has 0 radical (unpaired) electrons. The maximum absolute atomic E-state index is 13.0. The van der Waals surface area contributed by atoms with Gasteiger partial charge in [-0.25, -0.2) is 4.98 Å². The molecular formula is C14H21F3N2S. The van der Waals surface area contributed by atoms with Crippen molar-refractivity contribution >= 4 is 11.3 Å². The van der Waals surface area contributed by atoms with Crippen molar-refractivity contribution in [2.75, 3.05) is 7.05 Å². The van der Waals surface area contributed by atoms with E-state index in [4.69, 9.17) is 0 Å². The average Bonchev–Trinajstić information content (AvgIpc) is 2.79. The Morgan fingerprint density at radius 1 is 1.45 bits per heavy atom. The molecule has 2 unspecified atom stereocenters. The van der Waals surface area contributed by atoms with Gasteiger partial charge in [0, 0.05) is 4.88 Å². The van der Waals surface area contributed by atoms with Crippen molar-refractivity contribution < 1.29 is 13.2 Å². The van der Waals surface area contributed by atoms with Crippen molar-refractivity contribution in [1.82, 2.24) is 10.3 Å². The zero-order valence-corrected chi connectivity index (χ0v) is 12.9. The maximum Gasteiger partial charge on any atom is 0.391 e. The van der Waals surface area contributed by atoms with Gasteiger partial charge in [0.25, 0.3) is 0 Å². The summed E-state index contributed by atoms with van der Waals surface area (Å²) in [5.41, 5.74) is 0.398. The molecule has 20 heavy (non-hydrogen) atoms. The molecule has 0 saturated heterocycles. The molecule has 6 heteroatoms. The minimum Gasteiger partial charge on any atom is -0.308 e. The molecule has 2 nitrogen and oxygen atoms in total. The number of rotatable bonds is 3. The number of aromatic nitrogens is 1. The van der Waals surface area contributed by atoms with Crippen LogP contribution in [0.15, 0.2) is 0 Å². The van der Waals surface area contributed by atoms with Gasteiger partial charge in [-0.05, 0) is 39.7 Å². The third kappa shape index (κ3) is 2.86. The van der Waals surface area contributed by atoms with Crippen LogP contribution in [0.4, 0.5) is 13.2 Å².